The van der Waals surface area contributed by atoms with E-state index < -0.39 is 36.4 Å². The van der Waals surface area contributed by atoms with Gasteiger partial charge in [-0.15, -0.1) is 0 Å². The van der Waals surface area contributed by atoms with Crippen LogP contribution in [0.3, 0.4) is 0 Å². The molecule has 0 saturated carbocycles. The first-order valence-electron chi connectivity index (χ1n) is 6.70. The van der Waals surface area contributed by atoms with Gasteiger partial charge in [0.2, 0.25) is 0 Å². The third kappa shape index (κ3) is 5.17. The van der Waals surface area contributed by atoms with E-state index in [1.165, 1.54) is 14.0 Å². The van der Waals surface area contributed by atoms with Crippen LogP contribution >= 0.6 is 0 Å². The molecule has 7 heteroatoms. The first-order valence-corrected chi connectivity index (χ1v) is 6.70. The number of carboxylic acid groups (broad SMARTS) is 1. The van der Waals surface area contributed by atoms with E-state index >= 15 is 0 Å². The second kappa shape index (κ2) is 8.14. The van der Waals surface area contributed by atoms with Crippen molar-refractivity contribution >= 4 is 17.8 Å². The highest BCUT2D eigenvalue weighted by atomic mass is 16.6. The van der Waals surface area contributed by atoms with Crippen LogP contribution in [-0.4, -0.2) is 52.2 Å². The molecule has 120 valence electrons. The van der Waals surface area contributed by atoms with Crippen molar-refractivity contribution in [2.45, 2.75) is 32.1 Å². The molecule has 1 unspecified atom stereocenters. The van der Waals surface area contributed by atoms with Gasteiger partial charge in [-0.1, -0.05) is 30.3 Å². The fourth-order valence-corrected chi connectivity index (χ4v) is 1.64. The van der Waals surface area contributed by atoms with Crippen molar-refractivity contribution in [2.24, 2.45) is 0 Å². The highest BCUT2D eigenvalue weighted by Gasteiger charge is 2.27. The number of carboxylic acids is 1. The van der Waals surface area contributed by atoms with Crippen molar-refractivity contribution in [1.82, 2.24) is 4.90 Å². The molecule has 0 aliphatic rings. The number of ketones is 1. The molecule has 1 aromatic carbocycles. The highest BCUT2D eigenvalue weighted by Crippen LogP contribution is 2.08. The van der Waals surface area contributed by atoms with Crippen molar-refractivity contribution < 1.29 is 29.3 Å². The smallest absolute Gasteiger partial charge is 0.410 e. The van der Waals surface area contributed by atoms with Gasteiger partial charge in [0, 0.05) is 13.5 Å². The molecule has 1 aromatic rings. The van der Waals surface area contributed by atoms with E-state index in [0.717, 1.165) is 10.5 Å². The van der Waals surface area contributed by atoms with Gasteiger partial charge in [-0.05, 0) is 12.5 Å². The van der Waals surface area contributed by atoms with Gasteiger partial charge in [-0.3, -0.25) is 4.79 Å². The lowest BCUT2D eigenvalue weighted by molar-refractivity contribution is -0.149. The SMILES string of the molecule is C[C@@H](C(=O)CC(O)C(=O)O)N(C)C(=O)OCc1ccccc1. The quantitative estimate of drug-likeness (QED) is 0.780. The molecule has 0 aliphatic heterocycles. The number of ether oxygens (including phenoxy) is 1. The number of carbonyl (C=O) groups excluding carboxylic acids is 2. The van der Waals surface area contributed by atoms with Gasteiger partial charge >= 0.3 is 12.1 Å². The number of benzene rings is 1. The predicted octanol–water partition coefficient (Wildman–Crippen LogP) is 1.05. The van der Waals surface area contributed by atoms with Gasteiger partial charge in [0.05, 0.1) is 6.04 Å². The lowest BCUT2D eigenvalue weighted by Gasteiger charge is -2.23. The number of carbonyl (C=O) groups is 3. The van der Waals surface area contributed by atoms with Gasteiger partial charge in [-0.25, -0.2) is 9.59 Å². The van der Waals surface area contributed by atoms with E-state index in [0.29, 0.717) is 0 Å². The van der Waals surface area contributed by atoms with Crippen molar-refractivity contribution in [2.75, 3.05) is 7.05 Å². The van der Waals surface area contributed by atoms with Crippen molar-refractivity contribution in [1.29, 1.82) is 0 Å². The number of aliphatic hydroxyl groups is 1. The molecule has 0 aromatic heterocycles. The zero-order chi connectivity index (χ0) is 16.7. The Hall–Kier alpha value is -2.41. The van der Waals surface area contributed by atoms with Crippen LogP contribution < -0.4 is 0 Å². The summed E-state index contributed by atoms with van der Waals surface area (Å²) in [6, 6.07) is 8.16. The summed E-state index contributed by atoms with van der Waals surface area (Å²) in [5.74, 6) is -2.04. The van der Waals surface area contributed by atoms with Gasteiger partial charge < -0.3 is 19.8 Å². The van der Waals surface area contributed by atoms with Gasteiger partial charge in [0.15, 0.2) is 11.9 Å². The highest BCUT2D eigenvalue weighted by molar-refractivity contribution is 5.90. The van der Waals surface area contributed by atoms with E-state index in [4.69, 9.17) is 14.9 Å². The predicted molar refractivity (Wildman–Crippen MR) is 77.1 cm³/mol. The van der Waals surface area contributed by atoms with Crippen molar-refractivity contribution in [3.8, 4) is 0 Å². The molecular formula is C15H19NO6. The van der Waals surface area contributed by atoms with Crippen LogP contribution in [0.25, 0.3) is 0 Å². The molecule has 0 radical (unpaired) electrons. The number of likely N-dealkylation sites (N-methyl/N-ethyl adjacent to an activating group) is 1. The summed E-state index contributed by atoms with van der Waals surface area (Å²) in [6.45, 7) is 1.52. The van der Waals surface area contributed by atoms with E-state index in [-0.39, 0.29) is 6.61 Å². The average Bonchev–Trinajstić information content (AvgIpc) is 2.51. The molecule has 0 bridgehead atoms. The Balaban J connectivity index is 2.51. The summed E-state index contributed by atoms with van der Waals surface area (Å²) in [5.41, 5.74) is 0.810. The number of rotatable bonds is 7. The van der Waals surface area contributed by atoms with Crippen LogP contribution in [0.1, 0.15) is 18.9 Å². The minimum atomic E-state index is -1.77. The molecule has 0 spiro atoms. The molecule has 1 rings (SSSR count). The fraction of sp³-hybridized carbons (Fsp3) is 0.400. The third-order valence-electron chi connectivity index (χ3n) is 3.22. The number of nitrogens with zero attached hydrogens (tertiary/aromatic N) is 1. The summed E-state index contributed by atoms with van der Waals surface area (Å²) < 4.78 is 5.07. The van der Waals surface area contributed by atoms with E-state index in [1.807, 2.05) is 18.2 Å². The molecule has 22 heavy (non-hydrogen) atoms. The molecule has 7 nitrogen and oxygen atoms in total. The molecule has 2 atom stereocenters. The molecule has 0 aliphatic carbocycles. The largest absolute Gasteiger partial charge is 0.479 e. The maximum atomic E-state index is 11.9. The van der Waals surface area contributed by atoms with Crippen LogP contribution in [0.5, 0.6) is 0 Å². The lowest BCUT2D eigenvalue weighted by atomic mass is 10.1. The second-order valence-corrected chi connectivity index (χ2v) is 4.85. The Kier molecular flexibility index (Phi) is 6.52. The Morgan fingerprint density at radius 1 is 1.23 bits per heavy atom. The topological polar surface area (TPSA) is 104 Å². The van der Waals surface area contributed by atoms with E-state index in [9.17, 15) is 14.4 Å². The van der Waals surface area contributed by atoms with E-state index in [1.54, 1.807) is 12.1 Å². The van der Waals surface area contributed by atoms with Crippen LogP contribution in [0.2, 0.25) is 0 Å². The average molecular weight is 309 g/mol. The molecule has 0 fully saturated rings. The number of hydrogen-bond acceptors (Lipinski definition) is 5. The van der Waals surface area contributed by atoms with Gasteiger partial charge in [0.25, 0.3) is 0 Å². The standard InChI is InChI=1S/C15H19NO6/c1-10(12(17)8-13(18)14(19)20)16(2)15(21)22-9-11-6-4-3-5-7-11/h3-7,10,13,18H,8-9H2,1-2H3,(H,19,20)/t10-,13?/m0/s1. The zero-order valence-electron chi connectivity index (χ0n) is 12.4. The van der Waals surface area contributed by atoms with Crippen LogP contribution in [-0.2, 0) is 20.9 Å². The first kappa shape index (κ1) is 17.6. The summed E-state index contributed by atoms with van der Waals surface area (Å²) in [7, 11) is 1.38. The summed E-state index contributed by atoms with van der Waals surface area (Å²) in [4.78, 5) is 35.2. The minimum Gasteiger partial charge on any atom is -0.479 e. The zero-order valence-corrected chi connectivity index (χ0v) is 12.4. The summed E-state index contributed by atoms with van der Waals surface area (Å²) >= 11 is 0. The maximum absolute atomic E-state index is 11.9. The number of aliphatic hydroxyl groups excluding tert-OH is 1. The monoisotopic (exact) mass is 309 g/mol. The second-order valence-electron chi connectivity index (χ2n) is 4.85. The molecule has 2 N–H and O–H groups in total. The van der Waals surface area contributed by atoms with E-state index in [2.05, 4.69) is 0 Å². The van der Waals surface area contributed by atoms with Crippen molar-refractivity contribution in [3.05, 3.63) is 35.9 Å². The van der Waals surface area contributed by atoms with Crippen molar-refractivity contribution in [3.63, 3.8) is 0 Å². The number of aliphatic carboxylic acids is 1. The molecule has 0 heterocycles. The third-order valence-corrected chi connectivity index (χ3v) is 3.22. The Morgan fingerprint density at radius 3 is 2.36 bits per heavy atom. The fourth-order valence-electron chi connectivity index (χ4n) is 1.64. The lowest BCUT2D eigenvalue weighted by Crippen LogP contribution is -2.42. The van der Waals surface area contributed by atoms with Gasteiger partial charge in [-0.2, -0.15) is 0 Å². The summed E-state index contributed by atoms with van der Waals surface area (Å²) in [6.07, 6.45) is -3.04. The number of amides is 1. The Morgan fingerprint density at radius 2 is 1.82 bits per heavy atom. The maximum Gasteiger partial charge on any atom is 0.410 e. The molecular weight excluding hydrogens is 290 g/mol. The Labute approximate surface area is 128 Å². The van der Waals surface area contributed by atoms with Crippen LogP contribution in [0.4, 0.5) is 4.79 Å². The molecule has 1 amide bonds. The first-order chi connectivity index (χ1) is 10.3. The normalized spacial score (nSPS) is 13.0. The van der Waals surface area contributed by atoms with Gasteiger partial charge in [0.1, 0.15) is 6.61 Å². The molecule has 0 saturated heterocycles. The number of Topliss-reactive ketones (excluding diaryl/α,β-unsaturated/α-hetero) is 1. The van der Waals surface area contributed by atoms with Crippen LogP contribution in [0, 0.1) is 0 Å². The van der Waals surface area contributed by atoms with Crippen LogP contribution in [0.15, 0.2) is 30.3 Å². The summed E-state index contributed by atoms with van der Waals surface area (Å²) in [5, 5.41) is 17.7. The minimum absolute atomic E-state index is 0.0721. The Bertz CT molecular complexity index is 530. The number of hydrogen-bond donors (Lipinski definition) is 2.